The van der Waals surface area contributed by atoms with Gasteiger partial charge in [0, 0.05) is 29.6 Å². The molecule has 0 bridgehead atoms. The number of nitrogens with zero attached hydrogens (tertiary/aromatic N) is 1. The normalized spacial score (nSPS) is 12.5. The van der Waals surface area contributed by atoms with Gasteiger partial charge in [-0.05, 0) is 51.5 Å². The van der Waals surface area contributed by atoms with Crippen LogP contribution in [-0.2, 0) is 11.2 Å². The molecule has 0 radical (unpaired) electrons. The number of carbonyl (C=O) groups excluding carboxylic acids is 1. The molecule has 7 nitrogen and oxygen atoms in total. The highest BCUT2D eigenvalue weighted by Gasteiger charge is 2.32. The average molecular weight is 445 g/mol. The minimum Gasteiger partial charge on any atom is -0.478 e. The predicted octanol–water partition coefficient (Wildman–Crippen LogP) is 4.13. The summed E-state index contributed by atoms with van der Waals surface area (Å²) in [7, 11) is 0. The predicted molar refractivity (Wildman–Crippen MR) is 128 cm³/mol. The van der Waals surface area contributed by atoms with E-state index in [2.05, 4.69) is 20.3 Å². The van der Waals surface area contributed by atoms with Crippen LogP contribution < -0.4 is 15.6 Å². The standard InChI is InChI=1S/C26H28N4O3/c1-16-9-11-19(12-10-16)33-26(3,4)25(32)30-22(23-14-24(31)29-17(2)28-23)13-18-15-27-21-8-6-5-7-20(18)21/h5-12,14-15,22,27H,13H2,1-4H3,(H,30,32)(H,28,29,31)/t22-/m0/s1. The number of fused-ring (bicyclic) bond motifs is 1. The van der Waals surface area contributed by atoms with Crippen LogP contribution in [0.15, 0.2) is 65.6 Å². The Kier molecular flexibility index (Phi) is 6.05. The fourth-order valence-corrected chi connectivity index (χ4v) is 3.81. The molecule has 0 fully saturated rings. The van der Waals surface area contributed by atoms with E-state index in [4.69, 9.17) is 4.74 Å². The first-order valence-electron chi connectivity index (χ1n) is 10.9. The number of hydrogen-bond acceptors (Lipinski definition) is 4. The zero-order chi connectivity index (χ0) is 23.6. The van der Waals surface area contributed by atoms with Gasteiger partial charge in [0.1, 0.15) is 11.6 Å². The highest BCUT2D eigenvalue weighted by Crippen LogP contribution is 2.25. The zero-order valence-electron chi connectivity index (χ0n) is 19.2. The molecule has 2 heterocycles. The minimum atomic E-state index is -1.13. The maximum atomic E-state index is 13.3. The first-order valence-corrected chi connectivity index (χ1v) is 10.9. The van der Waals surface area contributed by atoms with Gasteiger partial charge >= 0.3 is 0 Å². The van der Waals surface area contributed by atoms with Crippen molar-refractivity contribution in [3.63, 3.8) is 0 Å². The van der Waals surface area contributed by atoms with Crippen molar-refractivity contribution in [3.05, 3.63) is 93.8 Å². The molecular formula is C26H28N4O3. The van der Waals surface area contributed by atoms with Crippen molar-refractivity contribution in [1.82, 2.24) is 20.3 Å². The summed E-state index contributed by atoms with van der Waals surface area (Å²) >= 11 is 0. The summed E-state index contributed by atoms with van der Waals surface area (Å²) in [5.41, 5.74) is 2.25. The van der Waals surface area contributed by atoms with Gasteiger partial charge in [-0.15, -0.1) is 0 Å². The number of rotatable bonds is 7. The van der Waals surface area contributed by atoms with Crippen LogP contribution in [0.3, 0.4) is 0 Å². The molecule has 4 rings (SSSR count). The van der Waals surface area contributed by atoms with E-state index < -0.39 is 11.6 Å². The molecule has 0 spiro atoms. The molecule has 0 aliphatic rings. The average Bonchev–Trinajstić information content (AvgIpc) is 3.17. The van der Waals surface area contributed by atoms with Gasteiger partial charge in [0.25, 0.3) is 11.5 Å². The Balaban J connectivity index is 1.63. The molecule has 3 N–H and O–H groups in total. The molecule has 33 heavy (non-hydrogen) atoms. The van der Waals surface area contributed by atoms with Gasteiger partial charge in [0.05, 0.1) is 11.7 Å². The molecular weight excluding hydrogens is 416 g/mol. The van der Waals surface area contributed by atoms with Crippen LogP contribution in [0, 0.1) is 13.8 Å². The lowest BCUT2D eigenvalue weighted by molar-refractivity contribution is -0.135. The Hall–Kier alpha value is -3.87. The number of amides is 1. The Morgan fingerprint density at radius 3 is 2.58 bits per heavy atom. The Bertz CT molecular complexity index is 1340. The van der Waals surface area contributed by atoms with Crippen LogP contribution in [0.5, 0.6) is 5.75 Å². The molecule has 170 valence electrons. The van der Waals surface area contributed by atoms with Gasteiger partial charge < -0.3 is 20.0 Å². The van der Waals surface area contributed by atoms with Gasteiger partial charge in [-0.3, -0.25) is 9.59 Å². The number of benzene rings is 2. The summed E-state index contributed by atoms with van der Waals surface area (Å²) in [6.45, 7) is 7.16. The number of nitrogens with one attached hydrogen (secondary N) is 3. The smallest absolute Gasteiger partial charge is 0.264 e. The fourth-order valence-electron chi connectivity index (χ4n) is 3.81. The summed E-state index contributed by atoms with van der Waals surface area (Å²) in [6, 6.07) is 16.4. The van der Waals surface area contributed by atoms with Gasteiger partial charge in [-0.2, -0.15) is 0 Å². The number of aryl methyl sites for hydroxylation is 2. The van der Waals surface area contributed by atoms with Crippen LogP contribution in [0.1, 0.15) is 42.5 Å². The van der Waals surface area contributed by atoms with Gasteiger partial charge in [-0.25, -0.2) is 4.98 Å². The number of hydrogen-bond donors (Lipinski definition) is 3. The van der Waals surface area contributed by atoms with Crippen molar-refractivity contribution in [2.24, 2.45) is 0 Å². The molecule has 0 aliphatic heterocycles. The molecule has 0 unspecified atom stereocenters. The number of H-pyrrole nitrogens is 2. The largest absolute Gasteiger partial charge is 0.478 e. The van der Waals surface area contributed by atoms with Crippen LogP contribution in [0.25, 0.3) is 10.9 Å². The van der Waals surface area contributed by atoms with Crippen molar-refractivity contribution >= 4 is 16.8 Å². The topological polar surface area (TPSA) is 99.9 Å². The number of aromatic nitrogens is 3. The van der Waals surface area contributed by atoms with Crippen molar-refractivity contribution in [2.45, 2.75) is 45.8 Å². The summed E-state index contributed by atoms with van der Waals surface area (Å²) in [6.07, 6.45) is 2.39. The van der Waals surface area contributed by atoms with E-state index >= 15 is 0 Å². The second-order valence-corrected chi connectivity index (χ2v) is 8.77. The SMILES string of the molecule is Cc1ccc(OC(C)(C)C(=O)N[C@@H](Cc2c[nH]c3ccccc23)c2cc(=O)[nH]c(C)n2)cc1. The van der Waals surface area contributed by atoms with E-state index in [0.717, 1.165) is 22.0 Å². The van der Waals surface area contributed by atoms with Crippen molar-refractivity contribution in [1.29, 1.82) is 0 Å². The van der Waals surface area contributed by atoms with Crippen molar-refractivity contribution in [2.75, 3.05) is 0 Å². The minimum absolute atomic E-state index is 0.258. The first-order chi connectivity index (χ1) is 15.7. The lowest BCUT2D eigenvalue weighted by atomic mass is 10.0. The number of ether oxygens (including phenoxy) is 1. The summed E-state index contributed by atoms with van der Waals surface area (Å²) in [5.74, 6) is 0.803. The third kappa shape index (κ3) is 5.14. The summed E-state index contributed by atoms with van der Waals surface area (Å²) in [4.78, 5) is 35.9. The Morgan fingerprint density at radius 1 is 1.12 bits per heavy atom. The molecule has 0 saturated carbocycles. The Labute approximate surface area is 192 Å². The van der Waals surface area contributed by atoms with E-state index in [9.17, 15) is 9.59 Å². The first kappa shape index (κ1) is 22.3. The lowest BCUT2D eigenvalue weighted by Gasteiger charge is -2.28. The van der Waals surface area contributed by atoms with Gasteiger partial charge in [0.15, 0.2) is 5.60 Å². The monoisotopic (exact) mass is 444 g/mol. The number of carbonyl (C=O) groups is 1. The van der Waals surface area contributed by atoms with Crippen molar-refractivity contribution < 1.29 is 9.53 Å². The quantitative estimate of drug-likeness (QED) is 0.399. The highest BCUT2D eigenvalue weighted by atomic mass is 16.5. The molecule has 4 aromatic rings. The highest BCUT2D eigenvalue weighted by molar-refractivity contribution is 5.86. The van der Waals surface area contributed by atoms with Crippen LogP contribution in [0.4, 0.5) is 0 Å². The van der Waals surface area contributed by atoms with E-state index in [1.54, 1.807) is 20.8 Å². The summed E-state index contributed by atoms with van der Waals surface area (Å²) in [5, 5.41) is 4.13. The fraction of sp³-hybridized carbons (Fsp3) is 0.269. The maximum absolute atomic E-state index is 13.3. The number of para-hydroxylation sites is 1. The second-order valence-electron chi connectivity index (χ2n) is 8.77. The molecule has 1 amide bonds. The maximum Gasteiger partial charge on any atom is 0.264 e. The second kappa shape index (κ2) is 8.94. The lowest BCUT2D eigenvalue weighted by Crippen LogP contribution is -2.48. The van der Waals surface area contributed by atoms with Gasteiger partial charge in [0.2, 0.25) is 0 Å². The zero-order valence-corrected chi connectivity index (χ0v) is 19.2. The van der Waals surface area contributed by atoms with Crippen LogP contribution >= 0.6 is 0 Å². The molecule has 1 atom stereocenters. The Morgan fingerprint density at radius 2 is 1.85 bits per heavy atom. The van der Waals surface area contributed by atoms with E-state index in [0.29, 0.717) is 23.7 Å². The van der Waals surface area contributed by atoms with Crippen LogP contribution in [-0.4, -0.2) is 26.5 Å². The molecule has 7 heteroatoms. The van der Waals surface area contributed by atoms with E-state index in [-0.39, 0.29) is 11.5 Å². The van der Waals surface area contributed by atoms with E-state index in [1.165, 1.54) is 6.07 Å². The number of aromatic amines is 2. The summed E-state index contributed by atoms with van der Waals surface area (Å²) < 4.78 is 6.00. The van der Waals surface area contributed by atoms with E-state index in [1.807, 2.05) is 61.7 Å². The third-order valence-electron chi connectivity index (χ3n) is 5.58. The molecule has 2 aromatic carbocycles. The molecule has 0 aliphatic carbocycles. The van der Waals surface area contributed by atoms with Crippen molar-refractivity contribution in [3.8, 4) is 5.75 Å². The molecule has 0 saturated heterocycles. The van der Waals surface area contributed by atoms with Crippen LogP contribution in [0.2, 0.25) is 0 Å². The molecule has 2 aromatic heterocycles. The third-order valence-corrected chi connectivity index (χ3v) is 5.58. The van der Waals surface area contributed by atoms with Gasteiger partial charge in [-0.1, -0.05) is 35.9 Å².